The predicted molar refractivity (Wildman–Crippen MR) is 49.6 cm³/mol. The van der Waals surface area contributed by atoms with Crippen LogP contribution in [0.15, 0.2) is 40.5 Å². The molecule has 1 aromatic heterocycles. The van der Waals surface area contributed by atoms with E-state index >= 15 is 0 Å². The van der Waals surface area contributed by atoms with Crippen LogP contribution in [-0.2, 0) is 0 Å². The second kappa shape index (κ2) is 2.67. The van der Waals surface area contributed by atoms with Gasteiger partial charge in [0.25, 0.3) is 0 Å². The van der Waals surface area contributed by atoms with Gasteiger partial charge in [-0.1, -0.05) is 24.6 Å². The van der Waals surface area contributed by atoms with Gasteiger partial charge in [-0.3, -0.25) is 0 Å². The minimum absolute atomic E-state index is 0.560. The molecule has 12 heavy (non-hydrogen) atoms. The highest BCUT2D eigenvalue weighted by Gasteiger charge is 2.13. The Morgan fingerprint density at radius 2 is 2.25 bits per heavy atom. The van der Waals surface area contributed by atoms with Crippen molar-refractivity contribution in [1.29, 1.82) is 0 Å². The SMILES string of the molecule is CC1=CC(c2ccco2)=CC1C. The lowest BCUT2D eigenvalue weighted by Gasteiger charge is -1.96. The predicted octanol–water partition coefficient (Wildman–Crippen LogP) is 3.26. The van der Waals surface area contributed by atoms with Crippen LogP contribution >= 0.6 is 0 Å². The van der Waals surface area contributed by atoms with Gasteiger partial charge >= 0.3 is 0 Å². The average molecular weight is 160 g/mol. The molecular formula is C11H12O. The Hall–Kier alpha value is -1.24. The van der Waals surface area contributed by atoms with E-state index in [0.29, 0.717) is 5.92 Å². The molecule has 1 aliphatic rings. The molecule has 0 radical (unpaired) electrons. The molecule has 0 spiro atoms. The second-order valence-electron chi connectivity index (χ2n) is 3.28. The highest BCUT2D eigenvalue weighted by Crippen LogP contribution is 2.29. The fourth-order valence-corrected chi connectivity index (χ4v) is 1.42. The van der Waals surface area contributed by atoms with Gasteiger partial charge in [0.05, 0.1) is 6.26 Å². The van der Waals surface area contributed by atoms with Gasteiger partial charge in [0.1, 0.15) is 5.76 Å². The van der Waals surface area contributed by atoms with Gasteiger partial charge in [-0.25, -0.2) is 0 Å². The van der Waals surface area contributed by atoms with Crippen LogP contribution in [0.25, 0.3) is 5.57 Å². The quantitative estimate of drug-likeness (QED) is 0.614. The molecule has 0 saturated heterocycles. The minimum atomic E-state index is 0.560. The molecular weight excluding hydrogens is 148 g/mol. The second-order valence-corrected chi connectivity index (χ2v) is 3.28. The van der Waals surface area contributed by atoms with Gasteiger partial charge in [0.15, 0.2) is 0 Å². The first-order chi connectivity index (χ1) is 5.77. The standard InChI is InChI=1S/C11H12O/c1-8-6-10(7-9(8)2)11-4-3-5-12-11/h3-8H,1-2H3. The van der Waals surface area contributed by atoms with Crippen molar-refractivity contribution in [1.82, 2.24) is 0 Å². The fourth-order valence-electron chi connectivity index (χ4n) is 1.42. The summed E-state index contributed by atoms with van der Waals surface area (Å²) in [6.07, 6.45) is 6.12. The Balaban J connectivity index is 2.34. The van der Waals surface area contributed by atoms with Crippen LogP contribution in [0.1, 0.15) is 19.6 Å². The van der Waals surface area contributed by atoms with Crippen molar-refractivity contribution in [2.75, 3.05) is 0 Å². The lowest BCUT2D eigenvalue weighted by Crippen LogP contribution is -1.83. The zero-order valence-electron chi connectivity index (χ0n) is 7.37. The number of allylic oxidation sites excluding steroid dienone is 4. The Labute approximate surface area is 72.4 Å². The first kappa shape index (κ1) is 7.41. The lowest BCUT2D eigenvalue weighted by molar-refractivity contribution is 0.554. The van der Waals surface area contributed by atoms with Gasteiger partial charge in [0.2, 0.25) is 0 Å². The van der Waals surface area contributed by atoms with Crippen molar-refractivity contribution in [3.63, 3.8) is 0 Å². The highest BCUT2D eigenvalue weighted by atomic mass is 16.3. The van der Waals surface area contributed by atoms with E-state index in [4.69, 9.17) is 4.42 Å². The summed E-state index contributed by atoms with van der Waals surface area (Å²) in [7, 11) is 0. The summed E-state index contributed by atoms with van der Waals surface area (Å²) in [6.45, 7) is 4.35. The van der Waals surface area contributed by atoms with Gasteiger partial charge in [0, 0.05) is 5.57 Å². The highest BCUT2D eigenvalue weighted by molar-refractivity contribution is 5.75. The van der Waals surface area contributed by atoms with Crippen LogP contribution in [-0.4, -0.2) is 0 Å². The van der Waals surface area contributed by atoms with Crippen molar-refractivity contribution in [2.45, 2.75) is 13.8 Å². The van der Waals surface area contributed by atoms with Crippen LogP contribution in [0.4, 0.5) is 0 Å². The smallest absolute Gasteiger partial charge is 0.133 e. The molecule has 1 atom stereocenters. The van der Waals surface area contributed by atoms with E-state index in [1.54, 1.807) is 6.26 Å². The van der Waals surface area contributed by atoms with Gasteiger partial charge in [-0.05, 0) is 25.0 Å². The number of hydrogen-bond acceptors (Lipinski definition) is 1. The molecule has 2 rings (SSSR count). The molecule has 0 saturated carbocycles. The van der Waals surface area contributed by atoms with E-state index in [1.807, 2.05) is 12.1 Å². The molecule has 1 nitrogen and oxygen atoms in total. The maximum absolute atomic E-state index is 5.30. The normalized spacial score (nSPS) is 22.3. The van der Waals surface area contributed by atoms with Crippen LogP contribution < -0.4 is 0 Å². The van der Waals surface area contributed by atoms with E-state index in [-0.39, 0.29) is 0 Å². The molecule has 62 valence electrons. The molecule has 0 N–H and O–H groups in total. The van der Waals surface area contributed by atoms with E-state index in [0.717, 1.165) is 5.76 Å². The molecule has 0 amide bonds. The first-order valence-electron chi connectivity index (χ1n) is 4.21. The molecule has 0 bridgehead atoms. The van der Waals surface area contributed by atoms with Crippen molar-refractivity contribution < 1.29 is 4.42 Å². The van der Waals surface area contributed by atoms with Gasteiger partial charge in [-0.15, -0.1) is 0 Å². The Bertz CT molecular complexity index is 328. The summed E-state index contributed by atoms with van der Waals surface area (Å²) in [5, 5.41) is 0. The maximum atomic E-state index is 5.30. The molecule has 1 aliphatic carbocycles. The maximum Gasteiger partial charge on any atom is 0.133 e. The van der Waals surface area contributed by atoms with E-state index < -0.39 is 0 Å². The third-order valence-corrected chi connectivity index (χ3v) is 2.34. The number of furan rings is 1. The number of hydrogen-bond donors (Lipinski definition) is 0. The van der Waals surface area contributed by atoms with E-state index in [2.05, 4.69) is 26.0 Å². The van der Waals surface area contributed by atoms with Crippen LogP contribution in [0.3, 0.4) is 0 Å². The topological polar surface area (TPSA) is 13.1 Å². The summed E-state index contributed by atoms with van der Waals surface area (Å²) in [5.74, 6) is 1.53. The molecule has 0 fully saturated rings. The largest absolute Gasteiger partial charge is 0.464 e. The third-order valence-electron chi connectivity index (χ3n) is 2.34. The monoisotopic (exact) mass is 160 g/mol. The van der Waals surface area contributed by atoms with Gasteiger partial charge < -0.3 is 4.42 Å². The summed E-state index contributed by atoms with van der Waals surface area (Å²) in [5.41, 5.74) is 2.62. The van der Waals surface area contributed by atoms with Crippen LogP contribution in [0.5, 0.6) is 0 Å². The molecule has 1 heterocycles. The molecule has 0 aliphatic heterocycles. The summed E-state index contributed by atoms with van der Waals surface area (Å²) < 4.78 is 5.30. The Morgan fingerprint density at radius 3 is 2.75 bits per heavy atom. The van der Waals surface area contributed by atoms with Crippen molar-refractivity contribution in [3.05, 3.63) is 41.9 Å². The van der Waals surface area contributed by atoms with Gasteiger partial charge in [-0.2, -0.15) is 0 Å². The van der Waals surface area contributed by atoms with E-state index in [9.17, 15) is 0 Å². The van der Waals surface area contributed by atoms with Crippen molar-refractivity contribution >= 4 is 5.57 Å². The lowest BCUT2D eigenvalue weighted by atomic mass is 10.1. The molecule has 0 aromatic carbocycles. The molecule has 1 heteroatoms. The minimum Gasteiger partial charge on any atom is -0.464 e. The van der Waals surface area contributed by atoms with Crippen molar-refractivity contribution in [2.24, 2.45) is 5.92 Å². The zero-order chi connectivity index (χ0) is 8.55. The first-order valence-corrected chi connectivity index (χ1v) is 4.21. The van der Waals surface area contributed by atoms with Crippen molar-refractivity contribution in [3.8, 4) is 0 Å². The zero-order valence-corrected chi connectivity index (χ0v) is 7.37. The Morgan fingerprint density at radius 1 is 1.42 bits per heavy atom. The van der Waals surface area contributed by atoms with Crippen LogP contribution in [0, 0.1) is 5.92 Å². The Kier molecular flexibility index (Phi) is 1.65. The fraction of sp³-hybridized carbons (Fsp3) is 0.273. The van der Waals surface area contributed by atoms with Crippen LogP contribution in [0.2, 0.25) is 0 Å². The summed E-state index contributed by atoms with van der Waals surface area (Å²) in [6, 6.07) is 3.91. The summed E-state index contributed by atoms with van der Waals surface area (Å²) in [4.78, 5) is 0. The molecule has 1 aromatic rings. The summed E-state index contributed by atoms with van der Waals surface area (Å²) >= 11 is 0. The van der Waals surface area contributed by atoms with E-state index in [1.165, 1.54) is 11.1 Å². The average Bonchev–Trinajstić information content (AvgIpc) is 2.61. The third kappa shape index (κ3) is 1.11. The number of rotatable bonds is 1. The molecule has 1 unspecified atom stereocenters.